The Hall–Kier alpha value is -1.97. The van der Waals surface area contributed by atoms with Crippen LogP contribution in [0.15, 0.2) is 36.4 Å². The molecule has 0 aliphatic carbocycles. The lowest BCUT2D eigenvalue weighted by atomic mass is 9.95. The van der Waals surface area contributed by atoms with Gasteiger partial charge in [-0.15, -0.1) is 0 Å². The Morgan fingerprint density at radius 1 is 1.28 bits per heavy atom. The van der Waals surface area contributed by atoms with E-state index in [0.29, 0.717) is 11.1 Å². The predicted octanol–water partition coefficient (Wildman–Crippen LogP) is 4.03. The summed E-state index contributed by atoms with van der Waals surface area (Å²) in [4.78, 5) is 0. The van der Waals surface area contributed by atoms with Gasteiger partial charge in [0, 0.05) is 17.4 Å². The van der Waals surface area contributed by atoms with Gasteiger partial charge >= 0.3 is 0 Å². The van der Waals surface area contributed by atoms with Crippen molar-refractivity contribution in [3.63, 3.8) is 0 Å². The van der Waals surface area contributed by atoms with E-state index in [1.54, 1.807) is 19.1 Å². The monoisotopic (exact) mass is 429 g/mol. The van der Waals surface area contributed by atoms with E-state index in [-0.39, 0.29) is 23.3 Å². The smallest absolute Gasteiger partial charge is 0.277 e. The zero-order valence-electron chi connectivity index (χ0n) is 16.1. The Bertz CT molecular complexity index is 991. The largest absolute Gasteiger partial charge is 0.306 e. The van der Waals surface area contributed by atoms with E-state index in [2.05, 4.69) is 10.0 Å². The van der Waals surface area contributed by atoms with E-state index < -0.39 is 46.1 Å². The number of rotatable bonds is 6. The maximum Gasteiger partial charge on any atom is 0.277 e. The molecule has 3 atom stereocenters. The standard InChI is InChI=1S/C20H23F4N3OS/c1-3-29(25,28)27-19-17(26-11-20(19,23)24)10-13-5-4-6-16(18(13)22)14-7-12(2)8-15(21)9-14/h4-9,17,19,26H,3,10-11H2,1-2H3,(H2,25,27,28)/t17-,19+,29?/m0/s1. The Morgan fingerprint density at radius 2 is 2.00 bits per heavy atom. The summed E-state index contributed by atoms with van der Waals surface area (Å²) in [6.45, 7) is 2.52. The van der Waals surface area contributed by atoms with Gasteiger partial charge in [-0.1, -0.05) is 31.2 Å². The van der Waals surface area contributed by atoms with Crippen molar-refractivity contribution in [3.05, 3.63) is 59.2 Å². The molecule has 158 valence electrons. The van der Waals surface area contributed by atoms with Crippen LogP contribution < -0.4 is 10.0 Å². The molecule has 1 saturated heterocycles. The second-order valence-electron chi connectivity index (χ2n) is 7.31. The van der Waals surface area contributed by atoms with Gasteiger partial charge in [-0.3, -0.25) is 0 Å². The summed E-state index contributed by atoms with van der Waals surface area (Å²) in [6.07, 6.45) is -0.0968. The summed E-state index contributed by atoms with van der Waals surface area (Å²) in [5.74, 6) is -4.45. The number of benzene rings is 2. The SMILES string of the molecule is CCS(=N)(=O)N[C@@H]1[C@H](Cc2cccc(-c3cc(C)cc(F)c3)c2F)NCC1(F)F. The van der Waals surface area contributed by atoms with E-state index >= 15 is 4.39 Å². The normalized spacial score (nSPS) is 23.1. The fourth-order valence-corrected chi connectivity index (χ4v) is 4.44. The predicted molar refractivity (Wildman–Crippen MR) is 105 cm³/mol. The number of nitrogens with one attached hydrogen (secondary N) is 3. The van der Waals surface area contributed by atoms with Crippen molar-refractivity contribution >= 4 is 9.92 Å². The van der Waals surface area contributed by atoms with Crippen molar-refractivity contribution < 1.29 is 21.8 Å². The summed E-state index contributed by atoms with van der Waals surface area (Å²) in [6, 6.07) is 6.30. The number of hydrogen-bond acceptors (Lipinski definition) is 3. The molecule has 9 heteroatoms. The van der Waals surface area contributed by atoms with E-state index in [0.717, 1.165) is 0 Å². The average molecular weight is 429 g/mol. The maximum absolute atomic E-state index is 15.1. The highest BCUT2D eigenvalue weighted by Gasteiger charge is 2.51. The van der Waals surface area contributed by atoms with E-state index in [1.165, 1.54) is 31.2 Å². The second kappa shape index (κ2) is 8.04. The van der Waals surface area contributed by atoms with Crippen LogP contribution in [0.1, 0.15) is 18.1 Å². The van der Waals surface area contributed by atoms with Gasteiger partial charge in [0.1, 0.15) is 27.6 Å². The third-order valence-electron chi connectivity index (χ3n) is 5.05. The lowest BCUT2D eigenvalue weighted by molar-refractivity contribution is -0.000626. The first-order valence-corrected chi connectivity index (χ1v) is 10.9. The van der Waals surface area contributed by atoms with Crippen molar-refractivity contribution in [1.82, 2.24) is 10.0 Å². The summed E-state index contributed by atoms with van der Waals surface area (Å²) >= 11 is 0. The van der Waals surface area contributed by atoms with E-state index in [9.17, 15) is 17.4 Å². The van der Waals surface area contributed by atoms with Crippen LogP contribution in [0, 0.1) is 23.3 Å². The van der Waals surface area contributed by atoms with Gasteiger partial charge in [-0.2, -0.15) is 0 Å². The van der Waals surface area contributed by atoms with Crippen LogP contribution in [0.5, 0.6) is 0 Å². The molecule has 1 unspecified atom stereocenters. The van der Waals surface area contributed by atoms with E-state index in [1.807, 2.05) is 0 Å². The molecule has 1 aliphatic rings. The molecule has 29 heavy (non-hydrogen) atoms. The lowest BCUT2D eigenvalue weighted by Gasteiger charge is -2.25. The molecule has 2 aromatic carbocycles. The maximum atomic E-state index is 15.1. The molecule has 0 spiro atoms. The Balaban J connectivity index is 1.92. The van der Waals surface area contributed by atoms with Crippen molar-refractivity contribution in [2.45, 2.75) is 38.3 Å². The Morgan fingerprint density at radius 3 is 2.66 bits per heavy atom. The summed E-state index contributed by atoms with van der Waals surface area (Å²) in [7, 11) is -3.38. The number of hydrogen-bond donors (Lipinski definition) is 3. The highest BCUT2D eigenvalue weighted by molar-refractivity contribution is 7.90. The van der Waals surface area contributed by atoms with Gasteiger partial charge in [0.15, 0.2) is 0 Å². The van der Waals surface area contributed by atoms with Gasteiger partial charge in [-0.05, 0) is 42.2 Å². The molecular weight excluding hydrogens is 406 g/mol. The van der Waals surface area contributed by atoms with Crippen LogP contribution in [-0.2, 0) is 16.3 Å². The zero-order chi connectivity index (χ0) is 21.4. The van der Waals surface area contributed by atoms with E-state index in [4.69, 9.17) is 4.78 Å². The quantitative estimate of drug-likeness (QED) is 0.607. The van der Waals surface area contributed by atoms with Crippen LogP contribution in [0.25, 0.3) is 11.1 Å². The fraction of sp³-hybridized carbons (Fsp3) is 0.400. The van der Waals surface area contributed by atoms with Crippen LogP contribution in [0.4, 0.5) is 17.6 Å². The van der Waals surface area contributed by atoms with Crippen LogP contribution in [0.3, 0.4) is 0 Å². The van der Waals surface area contributed by atoms with Crippen LogP contribution in [-0.4, -0.2) is 34.5 Å². The summed E-state index contributed by atoms with van der Waals surface area (Å²) < 4.78 is 79.4. The Labute approximate surface area is 167 Å². The van der Waals surface area contributed by atoms with Gasteiger partial charge in [0.05, 0.1) is 6.54 Å². The topological polar surface area (TPSA) is 65.0 Å². The van der Waals surface area contributed by atoms with Crippen LogP contribution in [0.2, 0.25) is 0 Å². The molecular formula is C20H23F4N3OS. The minimum Gasteiger partial charge on any atom is -0.306 e. The minimum atomic E-state index is -3.38. The highest BCUT2D eigenvalue weighted by Crippen LogP contribution is 2.31. The van der Waals surface area contributed by atoms with Crippen molar-refractivity contribution in [3.8, 4) is 11.1 Å². The molecule has 1 aliphatic heterocycles. The van der Waals surface area contributed by atoms with Gasteiger partial charge in [-0.25, -0.2) is 31.3 Å². The molecule has 0 bridgehead atoms. The number of halogens is 4. The van der Waals surface area contributed by atoms with Crippen molar-refractivity contribution in [1.29, 1.82) is 4.78 Å². The van der Waals surface area contributed by atoms with Crippen LogP contribution >= 0.6 is 0 Å². The molecule has 0 saturated carbocycles. The minimum absolute atomic E-state index is 0.0968. The summed E-state index contributed by atoms with van der Waals surface area (Å²) in [5, 5.41) is 2.65. The second-order valence-corrected chi connectivity index (χ2v) is 9.47. The van der Waals surface area contributed by atoms with Gasteiger partial charge < -0.3 is 5.32 Å². The molecule has 0 radical (unpaired) electrons. The molecule has 1 heterocycles. The zero-order valence-corrected chi connectivity index (χ0v) is 16.9. The average Bonchev–Trinajstić information content (AvgIpc) is 2.90. The fourth-order valence-electron chi connectivity index (χ4n) is 3.53. The summed E-state index contributed by atoms with van der Waals surface area (Å²) in [5.41, 5.74) is 1.36. The highest BCUT2D eigenvalue weighted by atomic mass is 32.2. The van der Waals surface area contributed by atoms with Crippen molar-refractivity contribution in [2.75, 3.05) is 12.3 Å². The number of alkyl halides is 2. The third-order valence-corrected chi connectivity index (χ3v) is 6.50. The van der Waals surface area contributed by atoms with Gasteiger partial charge in [0.2, 0.25) is 0 Å². The Kier molecular flexibility index (Phi) is 6.03. The first-order valence-electron chi connectivity index (χ1n) is 9.22. The first kappa shape index (κ1) is 21.7. The lowest BCUT2D eigenvalue weighted by Crippen LogP contribution is -2.51. The van der Waals surface area contributed by atoms with Crippen molar-refractivity contribution in [2.24, 2.45) is 0 Å². The first-order chi connectivity index (χ1) is 13.5. The molecule has 3 rings (SSSR count). The molecule has 2 aromatic rings. The molecule has 0 aromatic heterocycles. The van der Waals surface area contributed by atoms with Gasteiger partial charge in [0.25, 0.3) is 5.92 Å². The molecule has 0 amide bonds. The molecule has 1 fully saturated rings. The third kappa shape index (κ3) is 4.79. The molecule has 4 nitrogen and oxygen atoms in total. The number of aryl methyl sites for hydroxylation is 1. The molecule has 3 N–H and O–H groups in total.